The van der Waals surface area contributed by atoms with E-state index in [0.29, 0.717) is 11.2 Å². The molecule has 0 saturated carbocycles. The van der Waals surface area contributed by atoms with Crippen LogP contribution in [-0.2, 0) is 6.18 Å². The van der Waals surface area contributed by atoms with Crippen LogP contribution in [0.15, 0.2) is 48.8 Å². The topological polar surface area (TPSA) is 55.1 Å². The minimum absolute atomic E-state index is 0.0891. The Morgan fingerprint density at radius 2 is 1.91 bits per heavy atom. The molecule has 2 aromatic carbocycles. The average molecular weight is 306 g/mol. The summed E-state index contributed by atoms with van der Waals surface area (Å²) in [7, 11) is 0. The molecular weight excluding hydrogens is 297 g/mol. The predicted octanol–water partition coefficient (Wildman–Crippen LogP) is 3.74. The van der Waals surface area contributed by atoms with Gasteiger partial charge in [0.25, 0.3) is 0 Å². The normalized spacial score (nSPS) is 11.8. The van der Waals surface area contributed by atoms with Crippen LogP contribution in [-0.4, -0.2) is 20.6 Å². The van der Waals surface area contributed by atoms with E-state index >= 15 is 0 Å². The second-order valence-electron chi connectivity index (χ2n) is 4.67. The quantitative estimate of drug-likeness (QED) is 0.784. The standard InChI is InChI=1S/C15H9F3N2O2/c16-15(17,18)10-4-5-13-12(7-10)19-8-20(13)11-3-1-2-9(6-11)14(21)22/h1-8H,(H,21,22). The van der Waals surface area contributed by atoms with Gasteiger partial charge < -0.3 is 5.11 Å². The van der Waals surface area contributed by atoms with E-state index < -0.39 is 17.7 Å². The summed E-state index contributed by atoms with van der Waals surface area (Å²) < 4.78 is 39.6. The van der Waals surface area contributed by atoms with Gasteiger partial charge in [-0.2, -0.15) is 13.2 Å². The van der Waals surface area contributed by atoms with Gasteiger partial charge in [-0.3, -0.25) is 4.57 Å². The lowest BCUT2D eigenvalue weighted by Crippen LogP contribution is -2.04. The van der Waals surface area contributed by atoms with Crippen LogP contribution in [0.5, 0.6) is 0 Å². The second kappa shape index (κ2) is 4.87. The van der Waals surface area contributed by atoms with Crippen molar-refractivity contribution in [3.05, 3.63) is 59.9 Å². The molecule has 3 rings (SSSR count). The fourth-order valence-electron chi connectivity index (χ4n) is 2.18. The summed E-state index contributed by atoms with van der Waals surface area (Å²) in [6.45, 7) is 0. The van der Waals surface area contributed by atoms with Crippen molar-refractivity contribution < 1.29 is 23.1 Å². The number of halogens is 3. The molecule has 3 aromatic rings. The summed E-state index contributed by atoms with van der Waals surface area (Å²) >= 11 is 0. The van der Waals surface area contributed by atoms with E-state index in [0.717, 1.165) is 12.1 Å². The zero-order chi connectivity index (χ0) is 15.9. The minimum atomic E-state index is -4.43. The van der Waals surface area contributed by atoms with Crippen LogP contribution < -0.4 is 0 Å². The zero-order valence-corrected chi connectivity index (χ0v) is 11.0. The van der Waals surface area contributed by atoms with Gasteiger partial charge >= 0.3 is 12.1 Å². The molecule has 0 fully saturated rings. The van der Waals surface area contributed by atoms with Crippen molar-refractivity contribution in [3.63, 3.8) is 0 Å². The number of benzene rings is 2. The summed E-state index contributed by atoms with van der Waals surface area (Å²) in [6.07, 6.45) is -3.06. The fraction of sp³-hybridized carbons (Fsp3) is 0.0667. The maximum absolute atomic E-state index is 12.7. The van der Waals surface area contributed by atoms with Crippen LogP contribution in [0.3, 0.4) is 0 Å². The molecule has 0 saturated heterocycles. The van der Waals surface area contributed by atoms with Crippen LogP contribution in [0.1, 0.15) is 15.9 Å². The van der Waals surface area contributed by atoms with E-state index in [9.17, 15) is 18.0 Å². The fourth-order valence-corrected chi connectivity index (χ4v) is 2.18. The van der Waals surface area contributed by atoms with Gasteiger partial charge in [0.05, 0.1) is 22.2 Å². The highest BCUT2D eigenvalue weighted by Gasteiger charge is 2.30. The summed E-state index contributed by atoms with van der Waals surface area (Å²) in [5.74, 6) is -1.08. The third-order valence-corrected chi connectivity index (χ3v) is 3.25. The number of imidazole rings is 1. The summed E-state index contributed by atoms with van der Waals surface area (Å²) in [5, 5.41) is 9.00. The molecule has 0 aliphatic rings. The molecule has 4 nitrogen and oxygen atoms in total. The number of rotatable bonds is 2. The SMILES string of the molecule is O=C(O)c1cccc(-n2cnc3cc(C(F)(F)F)ccc32)c1. The Hall–Kier alpha value is -2.83. The Balaban J connectivity index is 2.13. The third-order valence-electron chi connectivity index (χ3n) is 3.25. The maximum atomic E-state index is 12.7. The average Bonchev–Trinajstić information content (AvgIpc) is 2.89. The summed E-state index contributed by atoms with van der Waals surface area (Å²) in [5.41, 5.74) is 0.490. The van der Waals surface area contributed by atoms with Crippen LogP contribution in [0.2, 0.25) is 0 Å². The lowest BCUT2D eigenvalue weighted by Gasteiger charge is -2.08. The molecule has 112 valence electrons. The zero-order valence-electron chi connectivity index (χ0n) is 11.0. The Labute approximate surface area is 122 Å². The van der Waals surface area contributed by atoms with Gasteiger partial charge in [-0.25, -0.2) is 9.78 Å². The summed E-state index contributed by atoms with van der Waals surface area (Å²) in [6, 6.07) is 9.35. The van der Waals surface area contributed by atoms with Gasteiger partial charge in [-0.15, -0.1) is 0 Å². The van der Waals surface area contributed by atoms with Crippen molar-refractivity contribution in [2.45, 2.75) is 6.18 Å². The van der Waals surface area contributed by atoms with Crippen LogP contribution in [0.4, 0.5) is 13.2 Å². The number of hydrogen-bond acceptors (Lipinski definition) is 2. The molecule has 0 aliphatic heterocycles. The Morgan fingerprint density at radius 3 is 2.59 bits per heavy atom. The summed E-state index contributed by atoms with van der Waals surface area (Å²) in [4.78, 5) is 15.0. The first kappa shape index (κ1) is 14.1. The van der Waals surface area contributed by atoms with Gasteiger partial charge in [-0.1, -0.05) is 6.07 Å². The van der Waals surface area contributed by atoms with E-state index in [-0.39, 0.29) is 11.1 Å². The molecule has 0 atom stereocenters. The molecule has 0 spiro atoms. The van der Waals surface area contributed by atoms with E-state index in [1.54, 1.807) is 16.7 Å². The Bertz CT molecular complexity index is 869. The molecule has 0 amide bonds. The molecule has 0 unspecified atom stereocenters. The van der Waals surface area contributed by atoms with E-state index in [1.807, 2.05) is 0 Å². The lowest BCUT2D eigenvalue weighted by molar-refractivity contribution is -0.137. The second-order valence-corrected chi connectivity index (χ2v) is 4.67. The smallest absolute Gasteiger partial charge is 0.416 e. The first-order valence-electron chi connectivity index (χ1n) is 6.24. The number of carboxylic acids is 1. The van der Waals surface area contributed by atoms with Crippen LogP contribution >= 0.6 is 0 Å². The van der Waals surface area contributed by atoms with Gasteiger partial charge in [0.15, 0.2) is 0 Å². The molecule has 0 radical (unpaired) electrons. The number of hydrogen-bond donors (Lipinski definition) is 1. The molecule has 1 N–H and O–H groups in total. The van der Waals surface area contributed by atoms with Gasteiger partial charge in [0.1, 0.15) is 6.33 Å². The molecule has 0 bridgehead atoms. The minimum Gasteiger partial charge on any atom is -0.478 e. The molecule has 7 heteroatoms. The number of aromatic carboxylic acids is 1. The Kier molecular flexibility index (Phi) is 3.13. The first-order valence-corrected chi connectivity index (χ1v) is 6.24. The molecule has 0 aliphatic carbocycles. The van der Waals surface area contributed by atoms with Gasteiger partial charge in [0, 0.05) is 5.69 Å². The van der Waals surface area contributed by atoms with Crippen molar-refractivity contribution in [1.82, 2.24) is 9.55 Å². The highest BCUT2D eigenvalue weighted by molar-refractivity contribution is 5.88. The monoisotopic (exact) mass is 306 g/mol. The molecule has 22 heavy (non-hydrogen) atoms. The van der Waals surface area contributed by atoms with E-state index in [2.05, 4.69) is 4.98 Å². The van der Waals surface area contributed by atoms with Crippen molar-refractivity contribution in [3.8, 4) is 5.69 Å². The highest BCUT2D eigenvalue weighted by Crippen LogP contribution is 2.31. The van der Waals surface area contributed by atoms with Crippen molar-refractivity contribution in [2.24, 2.45) is 0 Å². The van der Waals surface area contributed by atoms with E-state index in [1.165, 1.54) is 24.5 Å². The van der Waals surface area contributed by atoms with Gasteiger partial charge in [0.2, 0.25) is 0 Å². The maximum Gasteiger partial charge on any atom is 0.416 e. The highest BCUT2D eigenvalue weighted by atomic mass is 19.4. The van der Waals surface area contributed by atoms with Crippen molar-refractivity contribution in [2.75, 3.05) is 0 Å². The number of alkyl halides is 3. The van der Waals surface area contributed by atoms with E-state index in [4.69, 9.17) is 5.11 Å². The van der Waals surface area contributed by atoms with Crippen molar-refractivity contribution >= 4 is 17.0 Å². The van der Waals surface area contributed by atoms with Crippen molar-refractivity contribution in [1.29, 1.82) is 0 Å². The van der Waals surface area contributed by atoms with Gasteiger partial charge in [-0.05, 0) is 36.4 Å². The first-order chi connectivity index (χ1) is 10.4. The molecular formula is C15H9F3N2O2. The number of fused-ring (bicyclic) bond motifs is 1. The number of carboxylic acid groups (broad SMARTS) is 1. The molecule has 1 aromatic heterocycles. The largest absolute Gasteiger partial charge is 0.478 e. The Morgan fingerprint density at radius 1 is 1.14 bits per heavy atom. The third kappa shape index (κ3) is 2.41. The number of aromatic nitrogens is 2. The number of nitrogens with zero attached hydrogens (tertiary/aromatic N) is 2. The van der Waals surface area contributed by atoms with Crippen LogP contribution in [0.25, 0.3) is 16.7 Å². The molecule has 1 heterocycles. The lowest BCUT2D eigenvalue weighted by atomic mass is 10.1. The van der Waals surface area contributed by atoms with Crippen LogP contribution in [0, 0.1) is 0 Å². The number of carbonyl (C=O) groups is 1. The predicted molar refractivity (Wildman–Crippen MR) is 73.0 cm³/mol.